The lowest BCUT2D eigenvalue weighted by molar-refractivity contribution is -0.770. The molecule has 0 amide bonds. The molecule has 15 heavy (non-hydrogen) atoms. The minimum Gasteiger partial charge on any atom is -0.241 e. The molecule has 0 aromatic carbocycles. The average molecular weight is 252 g/mol. The fraction of sp³-hybridized carbons (Fsp3) is 0.727. The quantitative estimate of drug-likeness (QED) is 0.294. The van der Waals surface area contributed by atoms with Gasteiger partial charge in [0.25, 0.3) is 0 Å². The minimum atomic E-state index is 0. The molecule has 0 aromatic heterocycles. The molecule has 0 aromatic rings. The van der Waals surface area contributed by atoms with Gasteiger partial charge in [0.05, 0.1) is 13.2 Å². The maximum atomic E-state index is 6.34. The third-order valence-corrected chi connectivity index (χ3v) is 3.33. The molecule has 0 fully saturated rings. The van der Waals surface area contributed by atoms with Crippen LogP contribution in [0.1, 0.15) is 39.0 Å². The minimum absolute atomic E-state index is 0. The van der Waals surface area contributed by atoms with E-state index in [1.165, 1.54) is 25.7 Å². The summed E-state index contributed by atoms with van der Waals surface area (Å²) in [4.78, 5) is 4.08. The van der Waals surface area contributed by atoms with Crippen LogP contribution in [0.2, 0.25) is 0 Å². The molecule has 2 unspecified atom stereocenters. The van der Waals surface area contributed by atoms with Crippen LogP contribution in [-0.4, -0.2) is 23.4 Å². The Kier molecular flexibility index (Phi) is 7.24. The van der Waals surface area contributed by atoms with Gasteiger partial charge >= 0.3 is 0 Å². The van der Waals surface area contributed by atoms with E-state index in [1.54, 1.807) is 0 Å². The fourth-order valence-corrected chi connectivity index (χ4v) is 1.86. The number of halogens is 2. The summed E-state index contributed by atoms with van der Waals surface area (Å²) in [5.41, 5.74) is 0.134. The van der Waals surface area contributed by atoms with Crippen molar-refractivity contribution in [3.8, 4) is 0 Å². The molecule has 2 atom stereocenters. The summed E-state index contributed by atoms with van der Waals surface area (Å²) in [7, 11) is 2.09. The summed E-state index contributed by atoms with van der Waals surface area (Å²) in [6.07, 6.45) is 11.9. The summed E-state index contributed by atoms with van der Waals surface area (Å²) in [6.45, 7) is 2.22. The molecule has 2 nitrogen and oxygen atoms in total. The Balaban J connectivity index is 0.00000196. The van der Waals surface area contributed by atoms with Crippen LogP contribution in [-0.2, 0) is 0 Å². The lowest BCUT2D eigenvalue weighted by atomic mass is 10.1. The van der Waals surface area contributed by atoms with Crippen LogP contribution in [0.15, 0.2) is 17.4 Å². The van der Waals surface area contributed by atoms with Gasteiger partial charge in [-0.3, -0.25) is 0 Å². The molecule has 1 aliphatic heterocycles. The Morgan fingerprint density at radius 3 is 2.60 bits per heavy atom. The van der Waals surface area contributed by atoms with E-state index in [0.717, 1.165) is 6.42 Å². The third kappa shape index (κ3) is 4.54. The van der Waals surface area contributed by atoms with Gasteiger partial charge in [-0.05, 0) is 6.42 Å². The smallest absolute Gasteiger partial charge is 0.195 e. The van der Waals surface area contributed by atoms with Crippen molar-refractivity contribution in [2.24, 2.45) is 4.99 Å². The molecule has 1 aliphatic rings. The zero-order chi connectivity index (χ0) is 10.4. The molecule has 0 bridgehead atoms. The van der Waals surface area contributed by atoms with Gasteiger partial charge in [-0.25, -0.2) is 9.48 Å². The van der Waals surface area contributed by atoms with Gasteiger partial charge in [0.15, 0.2) is 11.8 Å². The highest BCUT2D eigenvalue weighted by molar-refractivity contribution is 6.19. The Morgan fingerprint density at radius 2 is 2.07 bits per heavy atom. The van der Waals surface area contributed by atoms with Crippen molar-refractivity contribution in [2.45, 2.75) is 44.5 Å². The fourth-order valence-electron chi connectivity index (χ4n) is 1.59. The second-order valence-corrected chi connectivity index (χ2v) is 4.57. The monoisotopic (exact) mass is 251 g/mol. The third-order valence-electron chi connectivity index (χ3n) is 2.69. The number of unbranched alkanes of at least 4 members (excludes halogenated alkanes) is 3. The summed E-state index contributed by atoms with van der Waals surface area (Å²) >= 11 is 6.34. The molecule has 4 heteroatoms. The highest BCUT2D eigenvalue weighted by Gasteiger charge is 2.29. The molecular weight excluding hydrogens is 231 g/mol. The van der Waals surface area contributed by atoms with E-state index in [9.17, 15) is 0 Å². The van der Waals surface area contributed by atoms with Crippen LogP contribution >= 0.6 is 24.0 Å². The topological polar surface area (TPSA) is 12.4 Å². The zero-order valence-corrected chi connectivity index (χ0v) is 11.1. The molecule has 1 rings (SSSR count). The van der Waals surface area contributed by atoms with Crippen molar-refractivity contribution in [3.63, 3.8) is 0 Å². The van der Waals surface area contributed by atoms with Crippen LogP contribution in [0.5, 0.6) is 0 Å². The molecule has 1 heterocycles. The molecule has 0 spiro atoms. The molecule has 0 aliphatic carbocycles. The Labute approximate surface area is 104 Å². The summed E-state index contributed by atoms with van der Waals surface area (Å²) in [5.74, 6) is 0. The van der Waals surface area contributed by atoms with Crippen molar-refractivity contribution < 1.29 is 4.48 Å². The molecule has 0 N–H and O–H groups in total. The van der Waals surface area contributed by atoms with Crippen molar-refractivity contribution in [3.05, 3.63) is 12.4 Å². The number of hydrogen-bond acceptors (Lipinski definition) is 1. The predicted octanol–water partition coefficient (Wildman–Crippen LogP) is 3.90. The first-order chi connectivity index (χ1) is 6.69. The maximum absolute atomic E-state index is 6.34. The number of quaternary nitrogens is 1. The van der Waals surface area contributed by atoms with Gasteiger partial charge in [0.2, 0.25) is 0 Å². The summed E-state index contributed by atoms with van der Waals surface area (Å²) in [5, 5.41) is 0. The highest BCUT2D eigenvalue weighted by Crippen LogP contribution is 2.22. The highest BCUT2D eigenvalue weighted by atomic mass is 35.5. The van der Waals surface area contributed by atoms with Crippen LogP contribution in [0.3, 0.4) is 0 Å². The van der Waals surface area contributed by atoms with E-state index in [-0.39, 0.29) is 17.9 Å². The van der Waals surface area contributed by atoms with Gasteiger partial charge < -0.3 is 0 Å². The second-order valence-electron chi connectivity index (χ2n) is 4.07. The van der Waals surface area contributed by atoms with Crippen LogP contribution in [0, 0.1) is 0 Å². The van der Waals surface area contributed by atoms with E-state index in [2.05, 4.69) is 19.0 Å². The van der Waals surface area contributed by atoms with E-state index < -0.39 is 0 Å². The zero-order valence-electron chi connectivity index (χ0n) is 9.53. The lowest BCUT2D eigenvalue weighted by Gasteiger charge is -2.27. The van der Waals surface area contributed by atoms with Crippen molar-refractivity contribution in [1.29, 1.82) is 0 Å². The second kappa shape index (κ2) is 7.26. The largest absolute Gasteiger partial charge is 0.241 e. The first kappa shape index (κ1) is 14.9. The summed E-state index contributed by atoms with van der Waals surface area (Å²) in [6, 6.07) is 0. The Hall–Kier alpha value is -0.0500. The molecule has 0 saturated carbocycles. The molecule has 88 valence electrons. The Morgan fingerprint density at radius 1 is 1.33 bits per heavy atom. The summed E-state index contributed by atoms with van der Waals surface area (Å²) < 4.78 is 0.647. The van der Waals surface area contributed by atoms with Crippen molar-refractivity contribution in [2.75, 3.05) is 7.05 Å². The standard InChI is InChI=1S/C11H20ClN2.ClH/c1-3-4-5-6-7-11(12)14(2)9-8-13-10-14;/h8-11H,3-7H2,1-2H3;1H/q+1;. The van der Waals surface area contributed by atoms with Gasteiger partial charge in [-0.2, -0.15) is 0 Å². The predicted molar refractivity (Wildman–Crippen MR) is 69.5 cm³/mol. The van der Waals surface area contributed by atoms with E-state index in [0.29, 0.717) is 4.48 Å². The molecular formula is C11H21Cl2N2+. The lowest BCUT2D eigenvalue weighted by Crippen LogP contribution is -2.41. The average Bonchev–Trinajstić information content (AvgIpc) is 2.61. The van der Waals surface area contributed by atoms with Gasteiger partial charge in [0, 0.05) is 6.42 Å². The number of rotatable bonds is 6. The Bertz CT molecular complexity index is 215. The molecule has 0 saturated heterocycles. The van der Waals surface area contributed by atoms with E-state index in [1.807, 2.05) is 18.7 Å². The SMILES string of the molecule is CCCCCCC(Cl)[N+]1(C)C=CN=C1.Cl. The number of nitrogens with zero attached hydrogens (tertiary/aromatic N) is 2. The number of hydrogen-bond donors (Lipinski definition) is 0. The van der Waals surface area contributed by atoms with Crippen molar-refractivity contribution in [1.82, 2.24) is 0 Å². The van der Waals surface area contributed by atoms with Crippen LogP contribution in [0.25, 0.3) is 0 Å². The molecule has 0 radical (unpaired) electrons. The van der Waals surface area contributed by atoms with E-state index >= 15 is 0 Å². The first-order valence-corrected chi connectivity index (χ1v) is 5.84. The normalized spacial score (nSPS) is 25.3. The number of alkyl halides is 1. The van der Waals surface area contributed by atoms with Crippen molar-refractivity contribution >= 4 is 30.3 Å². The van der Waals surface area contributed by atoms with Crippen LogP contribution < -0.4 is 0 Å². The maximum Gasteiger partial charge on any atom is 0.195 e. The van der Waals surface area contributed by atoms with Gasteiger partial charge in [0.1, 0.15) is 6.20 Å². The number of aliphatic imine (C=N–C) groups is 1. The first-order valence-electron chi connectivity index (χ1n) is 5.41. The van der Waals surface area contributed by atoms with E-state index in [4.69, 9.17) is 11.6 Å². The van der Waals surface area contributed by atoms with Gasteiger partial charge in [-0.1, -0.05) is 37.8 Å². The van der Waals surface area contributed by atoms with Crippen LogP contribution in [0.4, 0.5) is 0 Å². The van der Waals surface area contributed by atoms with Gasteiger partial charge in [-0.15, -0.1) is 12.4 Å².